The molecule has 5 rings (SSSR count). The highest BCUT2D eigenvalue weighted by molar-refractivity contribution is 7.10. The third kappa shape index (κ3) is 2.25. The third-order valence-electron chi connectivity index (χ3n) is 4.44. The number of hydrogen-bond donors (Lipinski definition) is 2. The Hall–Kier alpha value is -2.74. The van der Waals surface area contributed by atoms with E-state index in [1.807, 2.05) is 12.1 Å². The van der Waals surface area contributed by atoms with Gasteiger partial charge in [-0.25, -0.2) is 9.98 Å². The van der Waals surface area contributed by atoms with Gasteiger partial charge in [0.1, 0.15) is 0 Å². The van der Waals surface area contributed by atoms with E-state index in [1.165, 1.54) is 5.56 Å². The first-order valence-electron chi connectivity index (χ1n) is 8.16. The molecule has 2 aliphatic rings. The smallest absolute Gasteiger partial charge is 0.212 e. The Kier molecular flexibility index (Phi) is 3.14. The van der Waals surface area contributed by atoms with Gasteiger partial charge in [-0.2, -0.15) is 0 Å². The van der Waals surface area contributed by atoms with E-state index in [2.05, 4.69) is 33.2 Å². The number of fused-ring (bicyclic) bond motifs is 4. The van der Waals surface area contributed by atoms with Crippen LogP contribution in [0.4, 0.5) is 5.95 Å². The van der Waals surface area contributed by atoms with Crippen LogP contribution in [-0.2, 0) is 0 Å². The van der Waals surface area contributed by atoms with Crippen LogP contribution in [0.15, 0.2) is 28.6 Å². The molecular weight excluding hydrogens is 338 g/mol. The summed E-state index contributed by atoms with van der Waals surface area (Å²) in [5, 5.41) is 5.14. The Bertz CT molecular complexity index is 1010. The fourth-order valence-corrected chi connectivity index (χ4v) is 4.20. The molecule has 0 fully saturated rings. The first kappa shape index (κ1) is 14.6. The SMILES string of the molecule is Cc1ccsc1C1N=C(N)Nc2nc3cc4c(cc3n21)OCCCO4. The fourth-order valence-electron chi connectivity index (χ4n) is 3.25. The molecule has 1 aromatic carbocycles. The maximum atomic E-state index is 6.00. The maximum absolute atomic E-state index is 6.00. The van der Waals surface area contributed by atoms with Crippen molar-refractivity contribution in [3.8, 4) is 11.5 Å². The van der Waals surface area contributed by atoms with Crippen LogP contribution in [-0.4, -0.2) is 28.7 Å². The molecule has 0 amide bonds. The number of aromatic nitrogens is 2. The summed E-state index contributed by atoms with van der Waals surface area (Å²) in [6, 6.07) is 6.01. The minimum atomic E-state index is -0.231. The number of nitrogens with zero attached hydrogens (tertiary/aromatic N) is 3. The normalized spacial score (nSPS) is 19.1. The molecule has 8 heteroatoms. The molecule has 1 atom stereocenters. The summed E-state index contributed by atoms with van der Waals surface area (Å²) in [6.45, 7) is 3.38. The summed E-state index contributed by atoms with van der Waals surface area (Å²) in [4.78, 5) is 10.5. The minimum absolute atomic E-state index is 0.231. The molecule has 3 aromatic rings. The number of anilines is 1. The van der Waals surface area contributed by atoms with Crippen LogP contribution < -0.4 is 20.5 Å². The Morgan fingerprint density at radius 1 is 1.28 bits per heavy atom. The van der Waals surface area contributed by atoms with Gasteiger partial charge in [0.05, 0.1) is 29.1 Å². The lowest BCUT2D eigenvalue weighted by Crippen LogP contribution is -2.31. The van der Waals surface area contributed by atoms with Gasteiger partial charge >= 0.3 is 0 Å². The Morgan fingerprint density at radius 3 is 2.84 bits per heavy atom. The van der Waals surface area contributed by atoms with E-state index in [0.717, 1.165) is 33.8 Å². The molecule has 0 radical (unpaired) electrons. The number of rotatable bonds is 1. The second kappa shape index (κ2) is 5.38. The number of nitrogens with two attached hydrogens (primary N) is 1. The van der Waals surface area contributed by atoms with Crippen LogP contribution in [0.5, 0.6) is 11.5 Å². The molecule has 3 N–H and O–H groups in total. The summed E-state index contributed by atoms with van der Waals surface area (Å²) in [5.41, 5.74) is 8.97. The van der Waals surface area contributed by atoms with Crippen molar-refractivity contribution in [2.75, 3.05) is 18.5 Å². The average molecular weight is 355 g/mol. The number of guanidine groups is 1. The number of nitrogens with one attached hydrogen (secondary N) is 1. The van der Waals surface area contributed by atoms with Gasteiger partial charge in [0, 0.05) is 18.6 Å². The number of benzene rings is 1. The Labute approximate surface area is 148 Å². The molecule has 0 bridgehead atoms. The number of thiophene rings is 1. The second-order valence-corrected chi connectivity index (χ2v) is 7.07. The van der Waals surface area contributed by atoms with Crippen molar-refractivity contribution in [3.63, 3.8) is 0 Å². The third-order valence-corrected chi connectivity index (χ3v) is 5.50. The highest BCUT2D eigenvalue weighted by Gasteiger charge is 2.28. The van der Waals surface area contributed by atoms with Gasteiger partial charge in [0.25, 0.3) is 0 Å². The molecular formula is C17H17N5O2S. The molecule has 0 aliphatic carbocycles. The van der Waals surface area contributed by atoms with E-state index < -0.39 is 0 Å². The summed E-state index contributed by atoms with van der Waals surface area (Å²) < 4.78 is 13.7. The largest absolute Gasteiger partial charge is 0.489 e. The predicted molar refractivity (Wildman–Crippen MR) is 97.8 cm³/mol. The molecule has 7 nitrogen and oxygen atoms in total. The van der Waals surface area contributed by atoms with Crippen molar-refractivity contribution >= 4 is 34.3 Å². The van der Waals surface area contributed by atoms with Crippen LogP contribution in [0, 0.1) is 6.92 Å². The minimum Gasteiger partial charge on any atom is -0.489 e. The van der Waals surface area contributed by atoms with Gasteiger partial charge < -0.3 is 15.2 Å². The van der Waals surface area contributed by atoms with Crippen LogP contribution in [0.1, 0.15) is 23.0 Å². The molecule has 0 saturated heterocycles. The van der Waals surface area contributed by atoms with Crippen molar-refractivity contribution in [1.82, 2.24) is 9.55 Å². The standard InChI is InChI=1S/C17H17N5O2S/c1-9-3-6-25-14(9)15-20-16(18)21-17-19-10-7-12-13(8-11(10)22(15)17)24-5-2-4-23-12/h3,6-8,15H,2,4-5H2,1H3,(H3,18,19,20,21). The number of hydrogen-bond acceptors (Lipinski definition) is 7. The van der Waals surface area contributed by atoms with Gasteiger partial charge in [-0.15, -0.1) is 11.3 Å². The molecule has 4 heterocycles. The average Bonchev–Trinajstić information content (AvgIpc) is 3.08. The monoisotopic (exact) mass is 355 g/mol. The zero-order chi connectivity index (χ0) is 17.0. The lowest BCUT2D eigenvalue weighted by Gasteiger charge is -2.23. The van der Waals surface area contributed by atoms with Crippen LogP contribution >= 0.6 is 11.3 Å². The Morgan fingerprint density at radius 2 is 2.08 bits per heavy atom. The van der Waals surface area contributed by atoms with Gasteiger partial charge in [0.15, 0.2) is 23.6 Å². The number of aryl methyl sites for hydroxylation is 1. The van der Waals surface area contributed by atoms with E-state index in [4.69, 9.17) is 20.2 Å². The fraction of sp³-hybridized carbons (Fsp3) is 0.294. The van der Waals surface area contributed by atoms with Crippen LogP contribution in [0.3, 0.4) is 0 Å². The quantitative estimate of drug-likeness (QED) is 0.701. The molecule has 2 aromatic heterocycles. The van der Waals surface area contributed by atoms with Crippen molar-refractivity contribution < 1.29 is 9.47 Å². The summed E-state index contributed by atoms with van der Waals surface area (Å²) in [7, 11) is 0. The van der Waals surface area contributed by atoms with Gasteiger partial charge in [0.2, 0.25) is 5.95 Å². The van der Waals surface area contributed by atoms with Gasteiger partial charge in [-0.3, -0.25) is 9.88 Å². The zero-order valence-electron chi connectivity index (χ0n) is 13.7. The molecule has 25 heavy (non-hydrogen) atoms. The van der Waals surface area contributed by atoms with Crippen molar-refractivity contribution in [2.24, 2.45) is 10.7 Å². The number of imidazole rings is 1. The van der Waals surface area contributed by atoms with E-state index >= 15 is 0 Å². The topological polar surface area (TPSA) is 86.7 Å². The lowest BCUT2D eigenvalue weighted by molar-refractivity contribution is 0.297. The first-order valence-corrected chi connectivity index (χ1v) is 9.04. The highest BCUT2D eigenvalue weighted by Crippen LogP contribution is 2.40. The van der Waals surface area contributed by atoms with E-state index in [-0.39, 0.29) is 6.17 Å². The van der Waals surface area contributed by atoms with E-state index in [0.29, 0.717) is 25.1 Å². The zero-order valence-corrected chi connectivity index (χ0v) is 14.5. The number of ether oxygens (including phenoxy) is 2. The molecule has 128 valence electrons. The Balaban J connectivity index is 1.74. The van der Waals surface area contributed by atoms with Gasteiger partial charge in [-0.1, -0.05) is 0 Å². The molecule has 0 spiro atoms. The molecule has 1 unspecified atom stereocenters. The number of aliphatic imine (C=N–C) groups is 1. The van der Waals surface area contributed by atoms with Crippen molar-refractivity contribution in [3.05, 3.63) is 34.0 Å². The van der Waals surface area contributed by atoms with E-state index in [9.17, 15) is 0 Å². The predicted octanol–water partition coefficient (Wildman–Crippen LogP) is 2.85. The van der Waals surface area contributed by atoms with Crippen LogP contribution in [0.2, 0.25) is 0 Å². The van der Waals surface area contributed by atoms with Crippen molar-refractivity contribution in [1.29, 1.82) is 0 Å². The summed E-state index contributed by atoms with van der Waals surface area (Å²) in [5.74, 6) is 2.53. The molecule has 2 aliphatic heterocycles. The molecule has 0 saturated carbocycles. The first-order chi connectivity index (χ1) is 12.2. The van der Waals surface area contributed by atoms with Crippen molar-refractivity contribution in [2.45, 2.75) is 19.5 Å². The highest BCUT2D eigenvalue weighted by atomic mass is 32.1. The summed E-state index contributed by atoms with van der Waals surface area (Å²) in [6.07, 6.45) is 0.641. The second-order valence-electron chi connectivity index (χ2n) is 6.12. The summed E-state index contributed by atoms with van der Waals surface area (Å²) >= 11 is 1.67. The lowest BCUT2D eigenvalue weighted by atomic mass is 10.2. The van der Waals surface area contributed by atoms with E-state index in [1.54, 1.807) is 11.3 Å². The maximum Gasteiger partial charge on any atom is 0.212 e. The van der Waals surface area contributed by atoms with Gasteiger partial charge in [-0.05, 0) is 23.9 Å². The van der Waals surface area contributed by atoms with Crippen LogP contribution in [0.25, 0.3) is 11.0 Å².